The van der Waals surface area contributed by atoms with Gasteiger partial charge in [-0.05, 0) is 17.3 Å². The molecule has 0 aliphatic carbocycles. The fraction of sp³-hybridized carbons (Fsp3) is 0.333. The van der Waals surface area contributed by atoms with Crippen molar-refractivity contribution in [3.05, 3.63) is 29.8 Å². The zero-order valence-corrected chi connectivity index (χ0v) is 12.3. The van der Waals surface area contributed by atoms with Gasteiger partial charge in [0.2, 0.25) is 0 Å². The molecule has 1 atom stereocenters. The zero-order chi connectivity index (χ0) is 15.1. The molecule has 1 aromatic rings. The summed E-state index contributed by atoms with van der Waals surface area (Å²) >= 11 is -1.78. The second-order valence-electron chi connectivity index (χ2n) is 3.64. The minimum Gasteiger partial charge on any atom is -0.434 e. The summed E-state index contributed by atoms with van der Waals surface area (Å²) in [7, 11) is 2.70. The van der Waals surface area contributed by atoms with Crippen LogP contribution in [0.2, 0.25) is 0 Å². The van der Waals surface area contributed by atoms with Gasteiger partial charge in [-0.1, -0.05) is 17.3 Å². The molecule has 0 spiro atoms. The molecule has 9 heteroatoms. The Labute approximate surface area is 124 Å². The van der Waals surface area contributed by atoms with Crippen LogP contribution in [0.3, 0.4) is 0 Å². The highest BCUT2D eigenvalue weighted by Gasteiger charge is 2.28. The lowest BCUT2D eigenvalue weighted by Crippen LogP contribution is -2.15. The third kappa shape index (κ3) is 4.00. The quantitative estimate of drug-likeness (QED) is 0.551. The standard InChI is InChI=1S/C12H14N2O6S/c1-16-13-11-9-5-3-4-6-10(9)20-12(11)14-18-7-8-19-21(15)17-2/h3-6H,7-8H2,1-2H3. The maximum atomic E-state index is 10.8. The van der Waals surface area contributed by atoms with Crippen LogP contribution in [-0.2, 0) is 29.4 Å². The van der Waals surface area contributed by atoms with E-state index in [0.717, 1.165) is 5.56 Å². The van der Waals surface area contributed by atoms with E-state index < -0.39 is 11.4 Å². The van der Waals surface area contributed by atoms with E-state index in [1.165, 1.54) is 14.2 Å². The number of rotatable bonds is 7. The van der Waals surface area contributed by atoms with E-state index >= 15 is 0 Å². The normalized spacial score (nSPS) is 18.4. The molecule has 0 N–H and O–H groups in total. The van der Waals surface area contributed by atoms with Crippen LogP contribution < -0.4 is 4.74 Å². The largest absolute Gasteiger partial charge is 0.434 e. The molecule has 1 heterocycles. The van der Waals surface area contributed by atoms with Crippen molar-refractivity contribution in [1.29, 1.82) is 0 Å². The Morgan fingerprint density at radius 1 is 1.19 bits per heavy atom. The molecule has 0 bridgehead atoms. The summed E-state index contributed by atoms with van der Waals surface area (Å²) in [5, 5.41) is 7.69. The van der Waals surface area contributed by atoms with Gasteiger partial charge in [0.25, 0.3) is 5.90 Å². The first-order valence-electron chi connectivity index (χ1n) is 5.94. The fourth-order valence-electron chi connectivity index (χ4n) is 1.55. The van der Waals surface area contributed by atoms with Crippen molar-refractivity contribution in [2.24, 2.45) is 10.3 Å². The molecule has 0 saturated heterocycles. The Kier molecular flexibility index (Phi) is 5.67. The number of fused-ring (bicyclic) bond motifs is 1. The maximum Gasteiger partial charge on any atom is 0.304 e. The van der Waals surface area contributed by atoms with Crippen LogP contribution in [0.4, 0.5) is 0 Å². The minimum atomic E-state index is -1.78. The first-order valence-corrected chi connectivity index (χ1v) is 6.94. The highest BCUT2D eigenvalue weighted by atomic mass is 32.2. The van der Waals surface area contributed by atoms with Crippen molar-refractivity contribution in [3.63, 3.8) is 0 Å². The van der Waals surface area contributed by atoms with Crippen molar-refractivity contribution >= 4 is 23.0 Å². The maximum absolute atomic E-state index is 10.8. The van der Waals surface area contributed by atoms with Crippen molar-refractivity contribution < 1.29 is 27.0 Å². The molecule has 114 valence electrons. The summed E-state index contributed by atoms with van der Waals surface area (Å²) in [6, 6.07) is 7.31. The van der Waals surface area contributed by atoms with Crippen molar-refractivity contribution in [1.82, 2.24) is 0 Å². The van der Waals surface area contributed by atoms with Gasteiger partial charge in [-0.15, -0.1) is 0 Å². The number of nitrogens with zero attached hydrogens (tertiary/aromatic N) is 2. The molecule has 0 amide bonds. The van der Waals surface area contributed by atoms with Crippen LogP contribution >= 0.6 is 0 Å². The van der Waals surface area contributed by atoms with E-state index in [1.807, 2.05) is 18.2 Å². The predicted octanol–water partition coefficient (Wildman–Crippen LogP) is 1.00. The zero-order valence-electron chi connectivity index (χ0n) is 11.5. The van der Waals surface area contributed by atoms with Gasteiger partial charge in [0, 0.05) is 0 Å². The Morgan fingerprint density at radius 3 is 2.76 bits per heavy atom. The second-order valence-corrected chi connectivity index (χ2v) is 4.62. The lowest BCUT2D eigenvalue weighted by molar-refractivity contribution is 0.104. The molecule has 0 aromatic heterocycles. The Morgan fingerprint density at radius 2 is 2.00 bits per heavy atom. The topological polar surface area (TPSA) is 87.9 Å². The molecule has 0 saturated carbocycles. The molecule has 1 aliphatic rings. The molecule has 1 aromatic carbocycles. The third-order valence-electron chi connectivity index (χ3n) is 2.37. The van der Waals surface area contributed by atoms with Gasteiger partial charge in [-0.2, -0.15) is 4.21 Å². The first kappa shape index (κ1) is 15.4. The lowest BCUT2D eigenvalue weighted by atomic mass is 10.1. The van der Waals surface area contributed by atoms with E-state index in [2.05, 4.69) is 14.5 Å². The van der Waals surface area contributed by atoms with Gasteiger partial charge in [-0.3, -0.25) is 8.37 Å². The molecule has 1 unspecified atom stereocenters. The lowest BCUT2D eigenvalue weighted by Gasteiger charge is -2.01. The number of ether oxygens (including phenoxy) is 1. The van der Waals surface area contributed by atoms with Gasteiger partial charge in [0.05, 0.1) is 12.7 Å². The van der Waals surface area contributed by atoms with E-state index in [4.69, 9.17) is 18.6 Å². The van der Waals surface area contributed by atoms with Gasteiger partial charge >= 0.3 is 11.4 Å². The van der Waals surface area contributed by atoms with Crippen molar-refractivity contribution in [2.75, 3.05) is 27.4 Å². The molecule has 8 nitrogen and oxygen atoms in total. The summed E-state index contributed by atoms with van der Waals surface area (Å²) in [6.07, 6.45) is 0. The van der Waals surface area contributed by atoms with Gasteiger partial charge in [0.15, 0.2) is 5.71 Å². The third-order valence-corrected chi connectivity index (χ3v) is 3.00. The molecular formula is C12H14N2O6S. The molecule has 1 aliphatic heterocycles. The van der Waals surface area contributed by atoms with Crippen LogP contribution in [0.15, 0.2) is 34.6 Å². The summed E-state index contributed by atoms with van der Waals surface area (Å²) in [4.78, 5) is 9.81. The van der Waals surface area contributed by atoms with Crippen LogP contribution in [-0.4, -0.2) is 43.3 Å². The Hall–Kier alpha value is -1.97. The number of oxime groups is 2. The van der Waals surface area contributed by atoms with Crippen LogP contribution in [0, 0.1) is 0 Å². The minimum absolute atomic E-state index is 0.0565. The van der Waals surface area contributed by atoms with Crippen LogP contribution in [0.5, 0.6) is 5.75 Å². The van der Waals surface area contributed by atoms with Crippen LogP contribution in [0.25, 0.3) is 0 Å². The van der Waals surface area contributed by atoms with Gasteiger partial charge < -0.3 is 14.4 Å². The predicted molar refractivity (Wildman–Crippen MR) is 75.1 cm³/mol. The van der Waals surface area contributed by atoms with Crippen molar-refractivity contribution in [2.45, 2.75) is 0 Å². The van der Waals surface area contributed by atoms with E-state index in [0.29, 0.717) is 11.5 Å². The van der Waals surface area contributed by atoms with Gasteiger partial charge in [-0.25, -0.2) is 0 Å². The number of hydrogen-bond acceptors (Lipinski definition) is 8. The Bertz CT molecular complexity index is 575. The first-order chi connectivity index (χ1) is 10.3. The SMILES string of the molecule is CON=C1C(=NOCCOS(=O)OC)Oc2ccccc21. The second kappa shape index (κ2) is 7.72. The van der Waals surface area contributed by atoms with Gasteiger partial charge in [0.1, 0.15) is 26.1 Å². The summed E-state index contributed by atoms with van der Waals surface area (Å²) in [5.74, 6) is 0.804. The summed E-state index contributed by atoms with van der Waals surface area (Å²) in [5.41, 5.74) is 1.20. The average Bonchev–Trinajstić information content (AvgIpc) is 2.85. The molecule has 0 fully saturated rings. The number of para-hydroxylation sites is 1. The van der Waals surface area contributed by atoms with Crippen molar-refractivity contribution in [3.8, 4) is 5.75 Å². The smallest absolute Gasteiger partial charge is 0.304 e. The summed E-state index contributed by atoms with van der Waals surface area (Å²) in [6.45, 7) is 0.138. The summed E-state index contributed by atoms with van der Waals surface area (Å²) < 4.78 is 25.5. The Balaban J connectivity index is 1.96. The number of benzene rings is 1. The van der Waals surface area contributed by atoms with Crippen LogP contribution in [0.1, 0.15) is 5.56 Å². The monoisotopic (exact) mass is 314 g/mol. The number of hydrogen-bond donors (Lipinski definition) is 0. The molecule has 0 radical (unpaired) electrons. The molecule has 2 rings (SSSR count). The highest BCUT2D eigenvalue weighted by Crippen LogP contribution is 2.26. The van der Waals surface area contributed by atoms with E-state index in [1.54, 1.807) is 6.07 Å². The average molecular weight is 314 g/mol. The molecule has 21 heavy (non-hydrogen) atoms. The van der Waals surface area contributed by atoms with E-state index in [-0.39, 0.29) is 19.1 Å². The molecular weight excluding hydrogens is 300 g/mol. The highest BCUT2D eigenvalue weighted by molar-refractivity contribution is 7.75. The van der Waals surface area contributed by atoms with E-state index in [9.17, 15) is 4.21 Å². The fourth-order valence-corrected chi connectivity index (χ4v) is 1.85.